The van der Waals surface area contributed by atoms with Crippen LogP contribution in [0.2, 0.25) is 5.02 Å². The standard InChI is InChI=1S/C24H21ClN4O3/c1-32-21-9-4-17-11-18(23(30)28-22(17)12-21)15-29(14-16-3-2-10-26-13-16)24(31)27-20-7-5-19(25)6-8-20/h2-13H,14-15H2,1H3,(H,27,31)(H,28,30). The van der Waals surface area contributed by atoms with Gasteiger partial charge < -0.3 is 19.9 Å². The number of carbonyl (C=O) groups is 1. The van der Waals surface area contributed by atoms with Gasteiger partial charge in [-0.15, -0.1) is 0 Å². The average molecular weight is 449 g/mol. The van der Waals surface area contributed by atoms with Gasteiger partial charge in [0, 0.05) is 41.3 Å². The molecule has 0 aliphatic heterocycles. The highest BCUT2D eigenvalue weighted by atomic mass is 35.5. The fraction of sp³-hybridized carbons (Fsp3) is 0.125. The summed E-state index contributed by atoms with van der Waals surface area (Å²) < 4.78 is 5.22. The molecular formula is C24H21ClN4O3. The minimum absolute atomic E-state index is 0.117. The van der Waals surface area contributed by atoms with Gasteiger partial charge in [-0.2, -0.15) is 0 Å². The van der Waals surface area contributed by atoms with Crippen LogP contribution in [0.25, 0.3) is 10.9 Å². The normalized spacial score (nSPS) is 10.7. The molecule has 0 fully saturated rings. The number of nitrogens with zero attached hydrogens (tertiary/aromatic N) is 2. The fourth-order valence-electron chi connectivity index (χ4n) is 3.32. The number of rotatable bonds is 6. The van der Waals surface area contributed by atoms with E-state index >= 15 is 0 Å². The summed E-state index contributed by atoms with van der Waals surface area (Å²) in [6.07, 6.45) is 3.36. The van der Waals surface area contributed by atoms with Crippen molar-refractivity contribution in [2.24, 2.45) is 0 Å². The zero-order chi connectivity index (χ0) is 22.5. The molecule has 0 radical (unpaired) electrons. The number of benzene rings is 2. The average Bonchev–Trinajstić information content (AvgIpc) is 2.81. The molecule has 4 rings (SSSR count). The molecule has 8 heteroatoms. The highest BCUT2D eigenvalue weighted by molar-refractivity contribution is 6.30. The SMILES string of the molecule is COc1ccc2cc(CN(Cc3cccnc3)C(=O)Nc3ccc(Cl)cc3)c(=O)[nH]c2c1. The van der Waals surface area contributed by atoms with Gasteiger partial charge in [-0.3, -0.25) is 9.78 Å². The number of hydrogen-bond donors (Lipinski definition) is 2. The first-order chi connectivity index (χ1) is 15.5. The number of amides is 2. The maximum absolute atomic E-state index is 13.1. The van der Waals surface area contributed by atoms with Crippen molar-refractivity contribution in [1.82, 2.24) is 14.9 Å². The lowest BCUT2D eigenvalue weighted by Crippen LogP contribution is -2.35. The summed E-state index contributed by atoms with van der Waals surface area (Å²) >= 11 is 5.93. The largest absolute Gasteiger partial charge is 0.497 e. The Hall–Kier alpha value is -3.84. The number of fused-ring (bicyclic) bond motifs is 1. The van der Waals surface area contributed by atoms with Gasteiger partial charge in [0.15, 0.2) is 0 Å². The van der Waals surface area contributed by atoms with E-state index in [2.05, 4.69) is 15.3 Å². The molecule has 0 atom stereocenters. The molecule has 2 amide bonds. The Morgan fingerprint density at radius 3 is 2.66 bits per heavy atom. The lowest BCUT2D eigenvalue weighted by atomic mass is 10.1. The maximum atomic E-state index is 13.1. The van der Waals surface area contributed by atoms with Gasteiger partial charge in [0.05, 0.1) is 19.2 Å². The smallest absolute Gasteiger partial charge is 0.322 e. The van der Waals surface area contributed by atoms with Gasteiger partial charge in [-0.05, 0) is 59.5 Å². The van der Waals surface area contributed by atoms with Crippen molar-refractivity contribution >= 4 is 34.2 Å². The number of hydrogen-bond acceptors (Lipinski definition) is 4. The van der Waals surface area contributed by atoms with Crippen LogP contribution in [0.15, 0.2) is 77.9 Å². The predicted octanol–water partition coefficient (Wildman–Crippen LogP) is 4.82. The number of carbonyl (C=O) groups excluding carboxylic acids is 1. The highest BCUT2D eigenvalue weighted by Crippen LogP contribution is 2.20. The predicted molar refractivity (Wildman–Crippen MR) is 125 cm³/mol. The van der Waals surface area contributed by atoms with E-state index < -0.39 is 0 Å². The van der Waals surface area contributed by atoms with E-state index in [4.69, 9.17) is 16.3 Å². The van der Waals surface area contributed by atoms with Gasteiger partial charge in [-0.25, -0.2) is 4.79 Å². The Morgan fingerprint density at radius 2 is 1.94 bits per heavy atom. The minimum Gasteiger partial charge on any atom is -0.497 e. The van der Waals surface area contributed by atoms with Crippen LogP contribution < -0.4 is 15.6 Å². The van der Waals surface area contributed by atoms with Gasteiger partial charge >= 0.3 is 6.03 Å². The van der Waals surface area contributed by atoms with Gasteiger partial charge in [-0.1, -0.05) is 17.7 Å². The fourth-order valence-corrected chi connectivity index (χ4v) is 3.45. The molecule has 2 heterocycles. The van der Waals surface area contributed by atoms with Crippen LogP contribution in [-0.4, -0.2) is 28.0 Å². The number of aromatic nitrogens is 2. The molecule has 0 unspecified atom stereocenters. The molecule has 2 N–H and O–H groups in total. The summed E-state index contributed by atoms with van der Waals surface area (Å²) in [5.41, 5.74) is 2.33. The molecule has 2 aromatic carbocycles. The number of anilines is 1. The number of ether oxygens (including phenoxy) is 1. The van der Waals surface area contributed by atoms with Crippen molar-refractivity contribution in [3.8, 4) is 5.75 Å². The van der Waals surface area contributed by atoms with Crippen molar-refractivity contribution in [2.45, 2.75) is 13.1 Å². The summed E-state index contributed by atoms with van der Waals surface area (Å²) in [5, 5.41) is 4.29. The van der Waals surface area contributed by atoms with Gasteiger partial charge in [0.25, 0.3) is 5.56 Å². The van der Waals surface area contributed by atoms with Gasteiger partial charge in [0.1, 0.15) is 5.75 Å². The third-order valence-electron chi connectivity index (χ3n) is 4.97. The Morgan fingerprint density at radius 1 is 1.12 bits per heavy atom. The quantitative estimate of drug-likeness (QED) is 0.442. The first-order valence-electron chi connectivity index (χ1n) is 9.92. The minimum atomic E-state index is -0.342. The Bertz CT molecular complexity index is 1290. The van der Waals surface area contributed by atoms with Crippen LogP contribution in [0.5, 0.6) is 5.75 Å². The number of nitrogens with one attached hydrogen (secondary N) is 2. The number of halogens is 1. The van der Waals surface area contributed by atoms with Crippen molar-refractivity contribution in [3.63, 3.8) is 0 Å². The van der Waals surface area contributed by atoms with Crippen molar-refractivity contribution in [1.29, 1.82) is 0 Å². The molecule has 2 aromatic heterocycles. The molecule has 162 valence electrons. The zero-order valence-corrected chi connectivity index (χ0v) is 18.1. The molecular weight excluding hydrogens is 428 g/mol. The van der Waals surface area contributed by atoms with Crippen LogP contribution in [0.4, 0.5) is 10.5 Å². The first-order valence-corrected chi connectivity index (χ1v) is 10.3. The van der Waals surface area contributed by atoms with E-state index in [1.54, 1.807) is 66.9 Å². The third kappa shape index (κ3) is 5.07. The highest BCUT2D eigenvalue weighted by Gasteiger charge is 2.17. The number of methoxy groups -OCH3 is 1. The molecule has 0 saturated carbocycles. The number of H-pyrrole nitrogens is 1. The second-order valence-electron chi connectivity index (χ2n) is 7.23. The van der Waals surface area contributed by atoms with Crippen molar-refractivity contribution < 1.29 is 9.53 Å². The lowest BCUT2D eigenvalue weighted by molar-refractivity contribution is 0.206. The summed E-state index contributed by atoms with van der Waals surface area (Å²) in [4.78, 5) is 34.4. The van der Waals surface area contributed by atoms with Crippen molar-refractivity contribution in [2.75, 3.05) is 12.4 Å². The van der Waals surface area contributed by atoms with E-state index in [1.807, 2.05) is 18.2 Å². The Labute approximate surface area is 189 Å². The molecule has 32 heavy (non-hydrogen) atoms. The van der Waals surface area contributed by atoms with Gasteiger partial charge in [0.2, 0.25) is 0 Å². The second kappa shape index (κ2) is 9.53. The molecule has 4 aromatic rings. The number of pyridine rings is 2. The zero-order valence-electron chi connectivity index (χ0n) is 17.3. The maximum Gasteiger partial charge on any atom is 0.322 e. The third-order valence-corrected chi connectivity index (χ3v) is 5.22. The van der Waals surface area contributed by atoms with E-state index in [9.17, 15) is 9.59 Å². The van der Waals surface area contributed by atoms with Crippen LogP contribution >= 0.6 is 11.6 Å². The molecule has 0 spiro atoms. The molecule has 0 aliphatic rings. The summed E-state index contributed by atoms with van der Waals surface area (Å²) in [5.74, 6) is 0.654. The Balaban J connectivity index is 1.63. The molecule has 7 nitrogen and oxygen atoms in total. The van der Waals surface area contributed by atoms with Crippen LogP contribution in [0.3, 0.4) is 0 Å². The van der Waals surface area contributed by atoms with E-state index in [1.165, 1.54) is 0 Å². The lowest BCUT2D eigenvalue weighted by Gasteiger charge is -2.23. The summed E-state index contributed by atoms with van der Waals surface area (Å²) in [6.45, 7) is 0.402. The topological polar surface area (TPSA) is 87.3 Å². The molecule has 0 bridgehead atoms. The summed E-state index contributed by atoms with van der Waals surface area (Å²) in [6, 6.07) is 17.4. The van der Waals surface area contributed by atoms with E-state index in [0.717, 1.165) is 10.9 Å². The van der Waals surface area contributed by atoms with Crippen LogP contribution in [0.1, 0.15) is 11.1 Å². The summed E-state index contributed by atoms with van der Waals surface area (Å²) in [7, 11) is 1.57. The Kier molecular flexibility index (Phi) is 6.37. The van der Waals surface area contributed by atoms with Crippen LogP contribution in [0, 0.1) is 0 Å². The number of aromatic amines is 1. The van der Waals surface area contributed by atoms with Crippen molar-refractivity contribution in [3.05, 3.63) is 99.6 Å². The van der Waals surface area contributed by atoms with E-state index in [-0.39, 0.29) is 24.7 Å². The molecule has 0 aliphatic carbocycles. The number of urea groups is 1. The molecule has 0 saturated heterocycles. The second-order valence-corrected chi connectivity index (χ2v) is 7.67. The monoisotopic (exact) mass is 448 g/mol. The van der Waals surface area contributed by atoms with E-state index in [0.29, 0.717) is 27.5 Å². The van der Waals surface area contributed by atoms with Crippen LogP contribution in [-0.2, 0) is 13.1 Å². The first kappa shape index (κ1) is 21.4.